The van der Waals surface area contributed by atoms with E-state index in [4.69, 9.17) is 4.74 Å². The van der Waals surface area contributed by atoms with E-state index < -0.39 is 0 Å². The van der Waals surface area contributed by atoms with Crippen molar-refractivity contribution in [3.8, 4) is 5.75 Å². The number of rotatable bonds is 5. The van der Waals surface area contributed by atoms with Crippen LogP contribution in [0, 0.1) is 12.7 Å². The fourth-order valence-electron chi connectivity index (χ4n) is 1.94. The number of hydrogen-bond donors (Lipinski definition) is 1. The minimum Gasteiger partial charge on any atom is -0.489 e. The number of ether oxygens (including phenoxy) is 1. The van der Waals surface area contributed by atoms with Gasteiger partial charge in [0.05, 0.1) is 6.04 Å². The van der Waals surface area contributed by atoms with Gasteiger partial charge in [-0.15, -0.1) is 0 Å². The van der Waals surface area contributed by atoms with Gasteiger partial charge in [-0.3, -0.25) is 0 Å². The maximum Gasteiger partial charge on any atom is 0.167 e. The van der Waals surface area contributed by atoms with E-state index in [1.165, 1.54) is 0 Å². The van der Waals surface area contributed by atoms with E-state index >= 15 is 0 Å². The molecule has 0 aliphatic heterocycles. The van der Waals surface area contributed by atoms with E-state index in [-0.39, 0.29) is 11.9 Å². The first kappa shape index (κ1) is 13.6. The molecule has 0 aliphatic rings. The first-order valence-corrected chi connectivity index (χ1v) is 6.32. The van der Waals surface area contributed by atoms with Gasteiger partial charge in [-0.05, 0) is 31.2 Å². The molecule has 19 heavy (non-hydrogen) atoms. The van der Waals surface area contributed by atoms with Gasteiger partial charge >= 0.3 is 0 Å². The third-order valence-electron chi connectivity index (χ3n) is 3.11. The van der Waals surface area contributed by atoms with Crippen LogP contribution in [-0.2, 0) is 0 Å². The molecule has 0 radical (unpaired) electrons. The van der Waals surface area contributed by atoms with Crippen LogP contribution in [0.5, 0.6) is 5.75 Å². The standard InChI is InChI=1S/C16H18FNO/c1-12-7-6-10-15(16(12)17)19-11-14(18-2)13-8-4-3-5-9-13/h3-10,14,18H,11H2,1-2H3. The molecule has 0 bridgehead atoms. The van der Waals surface area contributed by atoms with E-state index in [1.54, 1.807) is 25.1 Å². The zero-order valence-electron chi connectivity index (χ0n) is 11.2. The van der Waals surface area contributed by atoms with Crippen molar-refractivity contribution >= 4 is 0 Å². The highest BCUT2D eigenvalue weighted by molar-refractivity contribution is 5.30. The van der Waals surface area contributed by atoms with Gasteiger partial charge in [0.25, 0.3) is 0 Å². The number of aryl methyl sites for hydroxylation is 1. The minimum absolute atomic E-state index is 0.0427. The van der Waals surface area contributed by atoms with Gasteiger partial charge in [0.1, 0.15) is 6.61 Å². The molecule has 1 N–H and O–H groups in total. The third kappa shape index (κ3) is 3.32. The summed E-state index contributed by atoms with van der Waals surface area (Å²) in [6.45, 7) is 2.12. The molecule has 2 rings (SSSR count). The predicted octanol–water partition coefficient (Wildman–Crippen LogP) is 3.47. The van der Waals surface area contributed by atoms with Crippen LogP contribution in [0.4, 0.5) is 4.39 Å². The first-order chi connectivity index (χ1) is 9.22. The summed E-state index contributed by atoms with van der Waals surface area (Å²) in [7, 11) is 1.87. The Morgan fingerprint density at radius 1 is 1.11 bits per heavy atom. The van der Waals surface area contributed by atoms with Crippen molar-refractivity contribution in [1.82, 2.24) is 5.32 Å². The Labute approximate surface area is 113 Å². The lowest BCUT2D eigenvalue weighted by Gasteiger charge is -2.18. The van der Waals surface area contributed by atoms with Gasteiger partial charge in [-0.2, -0.15) is 0 Å². The average Bonchev–Trinajstić information content (AvgIpc) is 2.45. The van der Waals surface area contributed by atoms with Crippen molar-refractivity contribution in [2.45, 2.75) is 13.0 Å². The fraction of sp³-hybridized carbons (Fsp3) is 0.250. The molecule has 3 heteroatoms. The van der Waals surface area contributed by atoms with Crippen LogP contribution in [0.1, 0.15) is 17.2 Å². The van der Waals surface area contributed by atoms with Crippen LogP contribution in [0.15, 0.2) is 48.5 Å². The highest BCUT2D eigenvalue weighted by atomic mass is 19.1. The second-order valence-electron chi connectivity index (χ2n) is 4.45. The summed E-state index contributed by atoms with van der Waals surface area (Å²) in [4.78, 5) is 0. The van der Waals surface area contributed by atoms with Crippen molar-refractivity contribution in [2.24, 2.45) is 0 Å². The predicted molar refractivity (Wildman–Crippen MR) is 74.9 cm³/mol. The Kier molecular flexibility index (Phi) is 4.53. The fourth-order valence-corrected chi connectivity index (χ4v) is 1.94. The highest BCUT2D eigenvalue weighted by Crippen LogP contribution is 2.21. The molecule has 100 valence electrons. The van der Waals surface area contributed by atoms with E-state index in [2.05, 4.69) is 5.32 Å². The SMILES string of the molecule is CNC(COc1cccc(C)c1F)c1ccccc1. The van der Waals surface area contributed by atoms with Crippen molar-refractivity contribution in [3.05, 3.63) is 65.5 Å². The van der Waals surface area contributed by atoms with Crippen LogP contribution in [-0.4, -0.2) is 13.7 Å². The second kappa shape index (κ2) is 6.34. The molecule has 1 atom stereocenters. The molecule has 2 aromatic rings. The van der Waals surface area contributed by atoms with Crippen molar-refractivity contribution in [3.63, 3.8) is 0 Å². The maximum atomic E-state index is 13.8. The lowest BCUT2D eigenvalue weighted by atomic mass is 10.1. The summed E-state index contributed by atoms with van der Waals surface area (Å²) >= 11 is 0. The molecule has 0 saturated carbocycles. The smallest absolute Gasteiger partial charge is 0.167 e. The number of benzene rings is 2. The summed E-state index contributed by atoms with van der Waals surface area (Å²) < 4.78 is 19.4. The molecule has 0 fully saturated rings. The summed E-state index contributed by atoms with van der Waals surface area (Å²) in [6.07, 6.45) is 0. The van der Waals surface area contributed by atoms with Gasteiger partial charge in [0.2, 0.25) is 0 Å². The zero-order chi connectivity index (χ0) is 13.7. The molecule has 0 heterocycles. The normalized spacial score (nSPS) is 12.2. The Bertz CT molecular complexity index is 528. The molecule has 0 aromatic heterocycles. The van der Waals surface area contributed by atoms with Gasteiger partial charge in [0.15, 0.2) is 11.6 Å². The molecule has 0 saturated heterocycles. The summed E-state index contributed by atoms with van der Waals surface area (Å²) in [5.74, 6) is 0.0154. The maximum absolute atomic E-state index is 13.8. The number of halogens is 1. The largest absolute Gasteiger partial charge is 0.489 e. The Morgan fingerprint density at radius 3 is 2.53 bits per heavy atom. The first-order valence-electron chi connectivity index (χ1n) is 6.32. The number of nitrogens with one attached hydrogen (secondary N) is 1. The summed E-state index contributed by atoms with van der Waals surface area (Å²) in [5, 5.41) is 3.18. The van der Waals surface area contributed by atoms with E-state index in [1.807, 2.05) is 37.4 Å². The van der Waals surface area contributed by atoms with E-state index in [0.29, 0.717) is 17.9 Å². The molecule has 0 amide bonds. The van der Waals surface area contributed by atoms with Crippen LogP contribution in [0.2, 0.25) is 0 Å². The Morgan fingerprint density at radius 2 is 1.84 bits per heavy atom. The topological polar surface area (TPSA) is 21.3 Å². The highest BCUT2D eigenvalue weighted by Gasteiger charge is 2.12. The third-order valence-corrected chi connectivity index (χ3v) is 3.11. The molecule has 2 aromatic carbocycles. The molecular formula is C16H18FNO. The average molecular weight is 259 g/mol. The van der Waals surface area contributed by atoms with Gasteiger partial charge in [-0.25, -0.2) is 4.39 Å². The molecule has 0 spiro atoms. The van der Waals surface area contributed by atoms with Crippen LogP contribution < -0.4 is 10.1 Å². The van der Waals surface area contributed by atoms with Crippen molar-refractivity contribution in [1.29, 1.82) is 0 Å². The monoisotopic (exact) mass is 259 g/mol. The number of likely N-dealkylation sites (N-methyl/N-ethyl adjacent to an activating group) is 1. The summed E-state index contributed by atoms with van der Waals surface area (Å²) in [6, 6.07) is 15.2. The van der Waals surface area contributed by atoms with Crippen molar-refractivity contribution < 1.29 is 9.13 Å². The van der Waals surface area contributed by atoms with Gasteiger partial charge < -0.3 is 10.1 Å². The van der Waals surface area contributed by atoms with Crippen LogP contribution in [0.3, 0.4) is 0 Å². The van der Waals surface area contributed by atoms with E-state index in [9.17, 15) is 4.39 Å². The summed E-state index contributed by atoms with van der Waals surface area (Å²) in [5.41, 5.74) is 1.72. The van der Waals surface area contributed by atoms with E-state index in [0.717, 1.165) is 5.56 Å². The minimum atomic E-state index is -0.287. The Balaban J connectivity index is 2.06. The molecule has 0 aliphatic carbocycles. The van der Waals surface area contributed by atoms with Gasteiger partial charge in [-0.1, -0.05) is 42.5 Å². The second-order valence-corrected chi connectivity index (χ2v) is 4.45. The lowest BCUT2D eigenvalue weighted by molar-refractivity contribution is 0.261. The zero-order valence-corrected chi connectivity index (χ0v) is 11.2. The molecule has 1 unspecified atom stereocenters. The van der Waals surface area contributed by atoms with Crippen LogP contribution in [0.25, 0.3) is 0 Å². The molecule has 2 nitrogen and oxygen atoms in total. The number of hydrogen-bond acceptors (Lipinski definition) is 2. The lowest BCUT2D eigenvalue weighted by Crippen LogP contribution is -2.23. The van der Waals surface area contributed by atoms with Crippen molar-refractivity contribution in [2.75, 3.05) is 13.7 Å². The molecular weight excluding hydrogens is 241 g/mol. The van der Waals surface area contributed by atoms with Gasteiger partial charge in [0, 0.05) is 0 Å². The Hall–Kier alpha value is -1.87. The quantitative estimate of drug-likeness (QED) is 0.887. The van der Waals surface area contributed by atoms with Crippen LogP contribution >= 0.6 is 0 Å².